The van der Waals surface area contributed by atoms with Crippen molar-refractivity contribution in [2.75, 3.05) is 29.9 Å². The van der Waals surface area contributed by atoms with Gasteiger partial charge in [-0.1, -0.05) is 25.1 Å². The van der Waals surface area contributed by atoms with E-state index < -0.39 is 10.8 Å². The highest BCUT2D eigenvalue weighted by molar-refractivity contribution is 7.84. The molecule has 0 aliphatic heterocycles. The maximum absolute atomic E-state index is 11.5. The molecule has 4 nitrogen and oxygen atoms in total. The van der Waals surface area contributed by atoms with Crippen LogP contribution in [0.5, 0.6) is 0 Å². The largest absolute Gasteiger partial charge is 0.325 e. The highest BCUT2D eigenvalue weighted by Gasteiger charge is 2.01. The molecule has 0 saturated heterocycles. The van der Waals surface area contributed by atoms with Crippen LogP contribution in [0.3, 0.4) is 0 Å². The standard InChI is InChI=1S/C12H18N2O2S/c1-2-17(16)9-8-13-10-12(15)14-11-6-4-3-5-7-11/h3-7,13H,2,8-10H2,1H3,(H,14,15). The first-order valence-electron chi connectivity index (χ1n) is 5.63. The summed E-state index contributed by atoms with van der Waals surface area (Å²) in [4.78, 5) is 11.5. The Morgan fingerprint density at radius 2 is 2.00 bits per heavy atom. The molecule has 0 bridgehead atoms. The summed E-state index contributed by atoms with van der Waals surface area (Å²) >= 11 is 0. The van der Waals surface area contributed by atoms with Crippen molar-refractivity contribution in [3.8, 4) is 0 Å². The molecule has 0 aliphatic rings. The zero-order valence-electron chi connectivity index (χ0n) is 9.94. The van der Waals surface area contributed by atoms with Crippen LogP contribution in [-0.2, 0) is 15.6 Å². The Morgan fingerprint density at radius 1 is 1.29 bits per heavy atom. The van der Waals surface area contributed by atoms with Gasteiger partial charge in [0.2, 0.25) is 5.91 Å². The zero-order chi connectivity index (χ0) is 12.5. The second-order valence-corrected chi connectivity index (χ2v) is 5.39. The van der Waals surface area contributed by atoms with Gasteiger partial charge in [0, 0.05) is 34.5 Å². The van der Waals surface area contributed by atoms with Gasteiger partial charge >= 0.3 is 0 Å². The molecule has 0 fully saturated rings. The molecular weight excluding hydrogens is 236 g/mol. The zero-order valence-corrected chi connectivity index (χ0v) is 10.8. The van der Waals surface area contributed by atoms with Gasteiger partial charge in [0.15, 0.2) is 0 Å². The number of carbonyl (C=O) groups is 1. The lowest BCUT2D eigenvalue weighted by molar-refractivity contribution is -0.115. The summed E-state index contributed by atoms with van der Waals surface area (Å²) in [5, 5.41) is 5.73. The molecule has 0 spiro atoms. The van der Waals surface area contributed by atoms with Crippen molar-refractivity contribution in [2.24, 2.45) is 0 Å². The van der Waals surface area contributed by atoms with Crippen molar-refractivity contribution in [3.05, 3.63) is 30.3 Å². The van der Waals surface area contributed by atoms with Crippen molar-refractivity contribution >= 4 is 22.4 Å². The minimum atomic E-state index is -0.774. The summed E-state index contributed by atoms with van der Waals surface area (Å²) in [5.41, 5.74) is 0.788. The summed E-state index contributed by atoms with van der Waals surface area (Å²) < 4.78 is 11.1. The van der Waals surface area contributed by atoms with Crippen molar-refractivity contribution in [1.29, 1.82) is 0 Å². The fourth-order valence-electron chi connectivity index (χ4n) is 1.26. The summed E-state index contributed by atoms with van der Waals surface area (Å²) in [7, 11) is -0.774. The number of para-hydroxylation sites is 1. The number of anilines is 1. The van der Waals surface area contributed by atoms with Crippen LogP contribution in [-0.4, -0.2) is 34.7 Å². The fourth-order valence-corrected chi connectivity index (χ4v) is 1.92. The lowest BCUT2D eigenvalue weighted by Crippen LogP contribution is -2.30. The van der Waals surface area contributed by atoms with Crippen LogP contribution in [0.25, 0.3) is 0 Å². The molecule has 1 aromatic rings. The number of amides is 1. The Morgan fingerprint density at radius 3 is 2.65 bits per heavy atom. The van der Waals surface area contributed by atoms with Crippen LogP contribution < -0.4 is 10.6 Å². The lowest BCUT2D eigenvalue weighted by Gasteiger charge is -2.06. The van der Waals surface area contributed by atoms with Gasteiger partial charge < -0.3 is 10.6 Å². The number of nitrogens with one attached hydrogen (secondary N) is 2. The van der Waals surface area contributed by atoms with E-state index in [1.165, 1.54) is 0 Å². The molecule has 17 heavy (non-hydrogen) atoms. The number of benzene rings is 1. The molecule has 1 aromatic carbocycles. The second kappa shape index (κ2) is 7.97. The van der Waals surface area contributed by atoms with Gasteiger partial charge in [-0.25, -0.2) is 0 Å². The molecule has 0 saturated carbocycles. The molecule has 0 aliphatic carbocycles. The summed E-state index contributed by atoms with van der Waals surface area (Å²) in [6, 6.07) is 9.31. The maximum Gasteiger partial charge on any atom is 0.238 e. The summed E-state index contributed by atoms with van der Waals surface area (Å²) in [6.45, 7) is 2.73. The minimum absolute atomic E-state index is 0.0847. The molecule has 1 amide bonds. The molecule has 1 atom stereocenters. The predicted molar refractivity (Wildman–Crippen MR) is 71.5 cm³/mol. The Kier molecular flexibility index (Phi) is 6.50. The van der Waals surface area contributed by atoms with E-state index in [0.29, 0.717) is 18.1 Å². The van der Waals surface area contributed by atoms with Gasteiger partial charge in [-0.2, -0.15) is 0 Å². The Bertz CT molecular complexity index is 368. The Labute approximate surface area is 104 Å². The smallest absolute Gasteiger partial charge is 0.238 e. The normalized spacial score (nSPS) is 12.1. The van der Waals surface area contributed by atoms with Gasteiger partial charge in [-0.15, -0.1) is 0 Å². The van der Waals surface area contributed by atoms with Crippen LogP contribution in [0.1, 0.15) is 6.92 Å². The quantitative estimate of drug-likeness (QED) is 0.713. The van der Waals surface area contributed by atoms with Gasteiger partial charge in [0.05, 0.1) is 6.54 Å². The topological polar surface area (TPSA) is 58.2 Å². The first-order valence-corrected chi connectivity index (χ1v) is 7.11. The monoisotopic (exact) mass is 254 g/mol. The van der Waals surface area contributed by atoms with E-state index in [2.05, 4.69) is 10.6 Å². The number of rotatable bonds is 7. The molecule has 0 heterocycles. The average molecular weight is 254 g/mol. The third kappa shape index (κ3) is 6.19. The molecule has 1 unspecified atom stereocenters. The maximum atomic E-state index is 11.5. The molecule has 2 N–H and O–H groups in total. The first kappa shape index (κ1) is 13.9. The summed E-state index contributed by atoms with van der Waals surface area (Å²) in [5.74, 6) is 1.17. The highest BCUT2D eigenvalue weighted by Crippen LogP contribution is 2.03. The van der Waals surface area contributed by atoms with E-state index in [4.69, 9.17) is 0 Å². The van der Waals surface area contributed by atoms with Crippen LogP contribution in [0.4, 0.5) is 5.69 Å². The molecule has 0 radical (unpaired) electrons. The Hall–Kier alpha value is -1.20. The van der Waals surface area contributed by atoms with Crippen molar-refractivity contribution in [1.82, 2.24) is 5.32 Å². The van der Waals surface area contributed by atoms with Gasteiger partial charge in [0.25, 0.3) is 0 Å². The van der Waals surface area contributed by atoms with E-state index in [-0.39, 0.29) is 12.5 Å². The van der Waals surface area contributed by atoms with Gasteiger partial charge in [-0.05, 0) is 12.1 Å². The van der Waals surface area contributed by atoms with E-state index in [9.17, 15) is 9.00 Å². The third-order valence-corrected chi connectivity index (χ3v) is 3.48. The Balaban J connectivity index is 2.16. The average Bonchev–Trinajstić information content (AvgIpc) is 2.35. The van der Waals surface area contributed by atoms with Crippen LogP contribution in [0.2, 0.25) is 0 Å². The SMILES string of the molecule is CCS(=O)CCNCC(=O)Nc1ccccc1. The van der Waals surface area contributed by atoms with Crippen molar-refractivity contribution in [3.63, 3.8) is 0 Å². The van der Waals surface area contributed by atoms with Crippen molar-refractivity contribution in [2.45, 2.75) is 6.92 Å². The van der Waals surface area contributed by atoms with Crippen LogP contribution in [0.15, 0.2) is 30.3 Å². The van der Waals surface area contributed by atoms with E-state index in [1.807, 2.05) is 37.3 Å². The number of carbonyl (C=O) groups excluding carboxylic acids is 1. The van der Waals surface area contributed by atoms with Crippen molar-refractivity contribution < 1.29 is 9.00 Å². The number of hydrogen-bond donors (Lipinski definition) is 2. The van der Waals surface area contributed by atoms with Gasteiger partial charge in [-0.3, -0.25) is 9.00 Å². The van der Waals surface area contributed by atoms with E-state index >= 15 is 0 Å². The second-order valence-electron chi connectivity index (χ2n) is 3.52. The van der Waals surface area contributed by atoms with E-state index in [1.54, 1.807) is 0 Å². The predicted octanol–water partition coefficient (Wildman–Crippen LogP) is 0.983. The van der Waals surface area contributed by atoms with Gasteiger partial charge in [0.1, 0.15) is 0 Å². The first-order chi connectivity index (χ1) is 8.22. The van der Waals surface area contributed by atoms with E-state index in [0.717, 1.165) is 5.69 Å². The molecule has 5 heteroatoms. The number of hydrogen-bond acceptors (Lipinski definition) is 3. The van der Waals surface area contributed by atoms with Crippen LogP contribution in [0, 0.1) is 0 Å². The molecule has 94 valence electrons. The lowest BCUT2D eigenvalue weighted by atomic mass is 10.3. The fraction of sp³-hybridized carbons (Fsp3) is 0.417. The molecular formula is C12H18N2O2S. The summed E-state index contributed by atoms with van der Waals surface area (Å²) in [6.07, 6.45) is 0. The van der Waals surface area contributed by atoms with Crippen LogP contribution >= 0.6 is 0 Å². The third-order valence-electron chi connectivity index (χ3n) is 2.17. The highest BCUT2D eigenvalue weighted by atomic mass is 32.2. The molecule has 1 rings (SSSR count). The minimum Gasteiger partial charge on any atom is -0.325 e. The molecule has 0 aromatic heterocycles.